The number of aryl methyl sites for hydroxylation is 2. The molecule has 0 amide bonds. The van der Waals surface area contributed by atoms with Gasteiger partial charge in [-0.3, -0.25) is 0 Å². The third-order valence-electron chi connectivity index (χ3n) is 3.90. The van der Waals surface area contributed by atoms with E-state index < -0.39 is 0 Å². The van der Waals surface area contributed by atoms with Crippen LogP contribution in [0.3, 0.4) is 0 Å². The zero-order chi connectivity index (χ0) is 16.8. The van der Waals surface area contributed by atoms with Crippen molar-refractivity contribution in [3.63, 3.8) is 0 Å². The van der Waals surface area contributed by atoms with Gasteiger partial charge in [0, 0.05) is 5.56 Å². The van der Waals surface area contributed by atoms with Gasteiger partial charge in [-0.2, -0.15) is 0 Å². The van der Waals surface area contributed by atoms with Crippen molar-refractivity contribution in [2.45, 2.75) is 39.5 Å². The minimum absolute atomic E-state index is 0.141. The second-order valence-corrected chi connectivity index (χ2v) is 6.08. The molecule has 3 heteroatoms. The fourth-order valence-corrected chi connectivity index (χ4v) is 2.53. The Kier molecular flexibility index (Phi) is 5.69. The lowest BCUT2D eigenvalue weighted by Crippen LogP contribution is -1.94. The highest BCUT2D eigenvalue weighted by molar-refractivity contribution is 5.49. The molecular weight excluding hydrogens is 288 g/mol. The predicted octanol–water partition coefficient (Wildman–Crippen LogP) is 4.49. The smallest absolute Gasteiger partial charge is 0.125 e. The molecule has 0 saturated heterocycles. The van der Waals surface area contributed by atoms with Gasteiger partial charge in [0.2, 0.25) is 0 Å². The van der Waals surface area contributed by atoms with E-state index in [1.807, 2.05) is 32.1 Å². The van der Waals surface area contributed by atoms with Crippen LogP contribution in [0.4, 0.5) is 0 Å². The van der Waals surface area contributed by atoms with Crippen LogP contribution in [0.5, 0.6) is 17.2 Å². The Labute approximate surface area is 137 Å². The SMILES string of the molecule is CC(C)=CCc1c(O)ccc(CCCc2ccc(O)cc2)c1O. The maximum absolute atomic E-state index is 10.4. The second-order valence-electron chi connectivity index (χ2n) is 6.08. The van der Waals surface area contributed by atoms with Crippen LogP contribution in [-0.2, 0) is 19.3 Å². The van der Waals surface area contributed by atoms with Crippen molar-refractivity contribution in [2.75, 3.05) is 0 Å². The first-order chi connectivity index (χ1) is 11.0. The number of allylic oxidation sites excluding steroid dienone is 2. The second kappa shape index (κ2) is 7.73. The van der Waals surface area contributed by atoms with E-state index in [-0.39, 0.29) is 17.2 Å². The Bertz CT molecular complexity index is 681. The van der Waals surface area contributed by atoms with Crippen molar-refractivity contribution >= 4 is 0 Å². The molecule has 2 rings (SSSR count). The Morgan fingerprint density at radius 2 is 1.61 bits per heavy atom. The van der Waals surface area contributed by atoms with Crippen LogP contribution in [0.25, 0.3) is 0 Å². The van der Waals surface area contributed by atoms with E-state index in [1.165, 1.54) is 0 Å². The molecule has 0 aliphatic carbocycles. The molecule has 0 aromatic heterocycles. The Morgan fingerprint density at radius 1 is 0.913 bits per heavy atom. The van der Waals surface area contributed by atoms with Crippen molar-refractivity contribution in [1.29, 1.82) is 0 Å². The first kappa shape index (κ1) is 16.9. The molecule has 0 saturated carbocycles. The first-order valence-corrected chi connectivity index (χ1v) is 7.91. The first-order valence-electron chi connectivity index (χ1n) is 7.91. The van der Waals surface area contributed by atoms with Gasteiger partial charge < -0.3 is 15.3 Å². The maximum atomic E-state index is 10.4. The Morgan fingerprint density at radius 3 is 2.26 bits per heavy atom. The molecule has 0 heterocycles. The number of hydrogen-bond donors (Lipinski definition) is 3. The Balaban J connectivity index is 2.03. The number of rotatable bonds is 6. The third-order valence-corrected chi connectivity index (χ3v) is 3.90. The van der Waals surface area contributed by atoms with Crippen LogP contribution in [0.15, 0.2) is 48.0 Å². The predicted molar refractivity (Wildman–Crippen MR) is 93.0 cm³/mol. The molecule has 2 aromatic carbocycles. The summed E-state index contributed by atoms with van der Waals surface area (Å²) >= 11 is 0. The number of benzene rings is 2. The number of aromatic hydroxyl groups is 3. The quantitative estimate of drug-likeness (QED) is 0.689. The summed E-state index contributed by atoms with van der Waals surface area (Å²) < 4.78 is 0. The molecule has 0 spiro atoms. The molecule has 3 N–H and O–H groups in total. The van der Waals surface area contributed by atoms with E-state index in [4.69, 9.17) is 0 Å². The minimum Gasteiger partial charge on any atom is -0.508 e. The molecule has 0 unspecified atom stereocenters. The maximum Gasteiger partial charge on any atom is 0.125 e. The summed E-state index contributed by atoms with van der Waals surface area (Å²) in [6.07, 6.45) is 5.05. The summed E-state index contributed by atoms with van der Waals surface area (Å²) in [5, 5.41) is 29.6. The number of phenols is 3. The summed E-state index contributed by atoms with van der Waals surface area (Å²) in [7, 11) is 0. The molecule has 0 bridgehead atoms. The molecule has 3 nitrogen and oxygen atoms in total. The topological polar surface area (TPSA) is 60.7 Å². The molecular formula is C20H24O3. The van der Waals surface area contributed by atoms with Gasteiger partial charge in [0.05, 0.1) is 0 Å². The lowest BCUT2D eigenvalue weighted by atomic mass is 9.98. The van der Waals surface area contributed by atoms with Crippen molar-refractivity contribution in [2.24, 2.45) is 0 Å². The van der Waals surface area contributed by atoms with Gasteiger partial charge in [-0.25, -0.2) is 0 Å². The van der Waals surface area contributed by atoms with E-state index in [0.29, 0.717) is 12.0 Å². The Hall–Kier alpha value is -2.42. The van der Waals surface area contributed by atoms with Gasteiger partial charge in [-0.1, -0.05) is 29.8 Å². The van der Waals surface area contributed by atoms with Crippen LogP contribution in [0, 0.1) is 0 Å². The van der Waals surface area contributed by atoms with Gasteiger partial charge >= 0.3 is 0 Å². The van der Waals surface area contributed by atoms with Crippen LogP contribution in [0.2, 0.25) is 0 Å². The zero-order valence-electron chi connectivity index (χ0n) is 13.7. The zero-order valence-corrected chi connectivity index (χ0v) is 13.7. The highest BCUT2D eigenvalue weighted by Gasteiger charge is 2.11. The normalized spacial score (nSPS) is 10.5. The van der Waals surface area contributed by atoms with E-state index in [2.05, 4.69) is 0 Å². The van der Waals surface area contributed by atoms with Gasteiger partial charge in [-0.15, -0.1) is 0 Å². The molecule has 0 radical (unpaired) electrons. The molecule has 0 atom stereocenters. The van der Waals surface area contributed by atoms with E-state index in [0.717, 1.165) is 36.0 Å². The number of phenolic OH excluding ortho intramolecular Hbond substituents is 3. The molecule has 122 valence electrons. The van der Waals surface area contributed by atoms with Gasteiger partial charge in [0.25, 0.3) is 0 Å². The largest absolute Gasteiger partial charge is 0.508 e. The van der Waals surface area contributed by atoms with Crippen molar-refractivity contribution in [3.05, 3.63) is 64.7 Å². The van der Waals surface area contributed by atoms with Crippen molar-refractivity contribution in [1.82, 2.24) is 0 Å². The van der Waals surface area contributed by atoms with Gasteiger partial charge in [0.15, 0.2) is 0 Å². The molecule has 0 fully saturated rings. The van der Waals surface area contributed by atoms with Crippen LogP contribution >= 0.6 is 0 Å². The van der Waals surface area contributed by atoms with E-state index in [1.54, 1.807) is 24.3 Å². The summed E-state index contributed by atoms with van der Waals surface area (Å²) in [6.45, 7) is 3.99. The summed E-state index contributed by atoms with van der Waals surface area (Å²) in [5.74, 6) is 0.615. The highest BCUT2D eigenvalue weighted by atomic mass is 16.3. The summed E-state index contributed by atoms with van der Waals surface area (Å²) in [5.41, 5.74) is 3.76. The standard InChI is InChI=1S/C20H24O3/c1-14(2)6-12-18-19(22)13-9-16(20(18)23)5-3-4-15-7-10-17(21)11-8-15/h6-11,13,21-23H,3-5,12H2,1-2H3. The fraction of sp³-hybridized carbons (Fsp3) is 0.300. The van der Waals surface area contributed by atoms with Crippen molar-refractivity contribution in [3.8, 4) is 17.2 Å². The highest BCUT2D eigenvalue weighted by Crippen LogP contribution is 2.32. The number of hydrogen-bond acceptors (Lipinski definition) is 3. The van der Waals surface area contributed by atoms with Crippen LogP contribution in [0.1, 0.15) is 37.0 Å². The third kappa shape index (κ3) is 4.78. The van der Waals surface area contributed by atoms with Crippen LogP contribution in [-0.4, -0.2) is 15.3 Å². The van der Waals surface area contributed by atoms with E-state index >= 15 is 0 Å². The van der Waals surface area contributed by atoms with Crippen LogP contribution < -0.4 is 0 Å². The lowest BCUT2D eigenvalue weighted by molar-refractivity contribution is 0.435. The fourth-order valence-electron chi connectivity index (χ4n) is 2.53. The van der Waals surface area contributed by atoms with E-state index in [9.17, 15) is 15.3 Å². The molecule has 0 aliphatic rings. The monoisotopic (exact) mass is 312 g/mol. The average molecular weight is 312 g/mol. The average Bonchev–Trinajstić information content (AvgIpc) is 2.51. The van der Waals surface area contributed by atoms with Crippen molar-refractivity contribution < 1.29 is 15.3 Å². The summed E-state index contributed by atoms with van der Waals surface area (Å²) in [6, 6.07) is 10.6. The van der Waals surface area contributed by atoms with Gasteiger partial charge in [-0.05, 0) is 68.9 Å². The lowest BCUT2D eigenvalue weighted by Gasteiger charge is -2.11. The minimum atomic E-state index is 0.141. The molecule has 0 aliphatic heterocycles. The molecule has 23 heavy (non-hydrogen) atoms. The van der Waals surface area contributed by atoms with Gasteiger partial charge in [0.1, 0.15) is 17.2 Å². The molecule has 2 aromatic rings. The summed E-state index contributed by atoms with van der Waals surface area (Å²) in [4.78, 5) is 0.